The van der Waals surface area contributed by atoms with Gasteiger partial charge in [-0.2, -0.15) is 0 Å². The highest BCUT2D eigenvalue weighted by atomic mass is 16.5. The predicted octanol–water partition coefficient (Wildman–Crippen LogP) is 3.06. The third-order valence-electron chi connectivity index (χ3n) is 4.41. The Morgan fingerprint density at radius 3 is 2.81 bits per heavy atom. The average Bonchev–Trinajstić information content (AvgIpc) is 2.43. The van der Waals surface area contributed by atoms with Gasteiger partial charge in [-0.25, -0.2) is 0 Å². The van der Waals surface area contributed by atoms with Crippen LogP contribution in [0.4, 0.5) is 0 Å². The first kappa shape index (κ1) is 15.8. The first-order chi connectivity index (χ1) is 9.97. The van der Waals surface area contributed by atoms with Gasteiger partial charge < -0.3 is 15.2 Å². The Morgan fingerprint density at radius 2 is 2.19 bits per heavy atom. The van der Waals surface area contributed by atoms with Crippen LogP contribution in [0.1, 0.15) is 43.7 Å². The van der Waals surface area contributed by atoms with Crippen molar-refractivity contribution < 1.29 is 14.6 Å². The van der Waals surface area contributed by atoms with E-state index in [-0.39, 0.29) is 6.10 Å². The first-order valence-electron chi connectivity index (χ1n) is 7.69. The highest BCUT2D eigenvalue weighted by molar-refractivity contribution is 5.79. The molecule has 0 saturated heterocycles. The molecule has 2 unspecified atom stereocenters. The number of carbonyl (C=O) groups is 1. The van der Waals surface area contributed by atoms with Crippen LogP contribution >= 0.6 is 0 Å². The Labute approximate surface area is 126 Å². The Hall–Kier alpha value is -1.55. The fourth-order valence-electron chi connectivity index (χ4n) is 3.07. The molecule has 2 atom stereocenters. The summed E-state index contributed by atoms with van der Waals surface area (Å²) < 4.78 is 6.04. The third-order valence-corrected chi connectivity index (χ3v) is 4.41. The molecule has 0 aliphatic heterocycles. The summed E-state index contributed by atoms with van der Waals surface area (Å²) in [6.45, 7) is 6.73. The fraction of sp³-hybridized carbons (Fsp3) is 0.588. The van der Waals surface area contributed by atoms with E-state index in [4.69, 9.17) is 4.74 Å². The third kappa shape index (κ3) is 3.56. The van der Waals surface area contributed by atoms with E-state index in [1.54, 1.807) is 0 Å². The summed E-state index contributed by atoms with van der Waals surface area (Å²) in [5.41, 5.74) is 1.59. The molecule has 1 saturated carbocycles. The molecule has 21 heavy (non-hydrogen) atoms. The maximum Gasteiger partial charge on any atom is 0.324 e. The fourth-order valence-corrected chi connectivity index (χ4v) is 3.07. The molecule has 0 amide bonds. The van der Waals surface area contributed by atoms with Crippen LogP contribution in [0, 0.1) is 13.8 Å². The number of carboxylic acids is 1. The summed E-state index contributed by atoms with van der Waals surface area (Å²) in [6.07, 6.45) is 2.92. The maximum absolute atomic E-state index is 11.6. The lowest BCUT2D eigenvalue weighted by molar-refractivity contribution is -0.147. The number of likely N-dealkylation sites (N-methyl/N-ethyl adjacent to an activating group) is 1. The molecule has 2 N–H and O–H groups in total. The minimum atomic E-state index is -0.836. The van der Waals surface area contributed by atoms with E-state index < -0.39 is 11.5 Å². The van der Waals surface area contributed by atoms with E-state index >= 15 is 0 Å². The summed E-state index contributed by atoms with van der Waals surface area (Å²) in [6, 6.07) is 6.04. The Morgan fingerprint density at radius 1 is 1.43 bits per heavy atom. The van der Waals surface area contributed by atoms with E-state index in [0.29, 0.717) is 19.4 Å². The van der Waals surface area contributed by atoms with Crippen molar-refractivity contribution in [3.63, 3.8) is 0 Å². The lowest BCUT2D eigenvalue weighted by Gasteiger charge is -2.38. The lowest BCUT2D eigenvalue weighted by atomic mass is 9.80. The molecule has 0 bridgehead atoms. The number of benzene rings is 1. The highest BCUT2D eigenvalue weighted by Crippen LogP contribution is 2.32. The topological polar surface area (TPSA) is 58.6 Å². The summed E-state index contributed by atoms with van der Waals surface area (Å²) in [7, 11) is 0. The Kier molecular flexibility index (Phi) is 4.88. The van der Waals surface area contributed by atoms with Gasteiger partial charge in [0, 0.05) is 6.42 Å². The molecule has 1 fully saturated rings. The van der Waals surface area contributed by atoms with Gasteiger partial charge in [0.2, 0.25) is 0 Å². The molecule has 116 valence electrons. The second-order valence-corrected chi connectivity index (χ2v) is 6.00. The van der Waals surface area contributed by atoms with Gasteiger partial charge >= 0.3 is 5.97 Å². The summed E-state index contributed by atoms with van der Waals surface area (Å²) >= 11 is 0. The van der Waals surface area contributed by atoms with Crippen LogP contribution in [0.3, 0.4) is 0 Å². The van der Waals surface area contributed by atoms with Crippen molar-refractivity contribution in [1.82, 2.24) is 5.32 Å². The van der Waals surface area contributed by atoms with E-state index in [9.17, 15) is 9.90 Å². The Bertz CT molecular complexity index is 511. The number of aryl methyl sites for hydroxylation is 2. The van der Waals surface area contributed by atoms with Crippen LogP contribution in [0.2, 0.25) is 0 Å². The molecule has 1 aliphatic carbocycles. The summed E-state index contributed by atoms with van der Waals surface area (Å²) in [5.74, 6) is 0.0681. The predicted molar refractivity (Wildman–Crippen MR) is 82.8 cm³/mol. The van der Waals surface area contributed by atoms with Crippen LogP contribution in [0.25, 0.3) is 0 Å². The van der Waals surface area contributed by atoms with Crippen LogP contribution in [0.5, 0.6) is 5.75 Å². The van der Waals surface area contributed by atoms with Crippen molar-refractivity contribution in [2.75, 3.05) is 6.54 Å². The zero-order valence-corrected chi connectivity index (χ0v) is 13.1. The second-order valence-electron chi connectivity index (χ2n) is 6.00. The maximum atomic E-state index is 11.6. The molecule has 4 nitrogen and oxygen atoms in total. The van der Waals surface area contributed by atoms with E-state index in [1.165, 1.54) is 11.1 Å². The molecule has 1 aromatic carbocycles. The number of aliphatic carboxylic acids is 1. The number of hydrogen-bond donors (Lipinski definition) is 2. The zero-order valence-electron chi connectivity index (χ0n) is 13.1. The van der Waals surface area contributed by atoms with Crippen molar-refractivity contribution >= 4 is 5.97 Å². The molecule has 4 heteroatoms. The SMILES string of the molecule is CCNC1(C(=O)O)CCCC(Oc2ccc(C)c(C)c2)C1. The number of rotatable bonds is 5. The van der Waals surface area contributed by atoms with Crippen molar-refractivity contribution in [2.45, 2.75) is 58.1 Å². The van der Waals surface area contributed by atoms with Gasteiger partial charge in [-0.1, -0.05) is 13.0 Å². The molecule has 0 heterocycles. The van der Waals surface area contributed by atoms with Gasteiger partial charge in [0.1, 0.15) is 17.4 Å². The van der Waals surface area contributed by atoms with Crippen molar-refractivity contribution in [1.29, 1.82) is 0 Å². The van der Waals surface area contributed by atoms with Crippen LogP contribution in [-0.2, 0) is 4.79 Å². The van der Waals surface area contributed by atoms with Gasteiger partial charge in [0.25, 0.3) is 0 Å². The molecule has 2 rings (SSSR count). The number of hydrogen-bond acceptors (Lipinski definition) is 3. The van der Waals surface area contributed by atoms with Gasteiger partial charge in [0.05, 0.1) is 0 Å². The normalized spacial score (nSPS) is 25.6. The smallest absolute Gasteiger partial charge is 0.324 e. The second kappa shape index (κ2) is 6.48. The number of nitrogens with one attached hydrogen (secondary N) is 1. The molecule has 1 aromatic rings. The molecule has 0 radical (unpaired) electrons. The van der Waals surface area contributed by atoms with Gasteiger partial charge in [0.15, 0.2) is 0 Å². The average molecular weight is 291 g/mol. The van der Waals surface area contributed by atoms with E-state index in [0.717, 1.165) is 18.6 Å². The van der Waals surface area contributed by atoms with Gasteiger partial charge in [-0.3, -0.25) is 4.79 Å². The quantitative estimate of drug-likeness (QED) is 0.875. The molecule has 1 aliphatic rings. The lowest BCUT2D eigenvalue weighted by Crippen LogP contribution is -2.56. The van der Waals surface area contributed by atoms with Crippen molar-refractivity contribution in [2.24, 2.45) is 0 Å². The molecular formula is C17H25NO3. The van der Waals surface area contributed by atoms with Crippen LogP contribution in [0.15, 0.2) is 18.2 Å². The zero-order chi connectivity index (χ0) is 15.5. The largest absolute Gasteiger partial charge is 0.490 e. The molecular weight excluding hydrogens is 266 g/mol. The van der Waals surface area contributed by atoms with Gasteiger partial charge in [-0.05, 0) is 62.9 Å². The highest BCUT2D eigenvalue weighted by Gasteiger charge is 2.43. The van der Waals surface area contributed by atoms with Crippen molar-refractivity contribution in [3.8, 4) is 5.75 Å². The summed E-state index contributed by atoms with van der Waals surface area (Å²) in [4.78, 5) is 11.6. The van der Waals surface area contributed by atoms with E-state index in [1.807, 2.05) is 25.1 Å². The molecule has 0 aromatic heterocycles. The number of ether oxygens (including phenoxy) is 1. The summed E-state index contributed by atoms with van der Waals surface area (Å²) in [5, 5.41) is 12.7. The van der Waals surface area contributed by atoms with Gasteiger partial charge in [-0.15, -0.1) is 0 Å². The van der Waals surface area contributed by atoms with Crippen molar-refractivity contribution in [3.05, 3.63) is 29.3 Å². The first-order valence-corrected chi connectivity index (χ1v) is 7.69. The minimum Gasteiger partial charge on any atom is -0.490 e. The number of carboxylic acid groups (broad SMARTS) is 1. The Balaban J connectivity index is 2.09. The molecule has 0 spiro atoms. The monoisotopic (exact) mass is 291 g/mol. The van der Waals surface area contributed by atoms with E-state index in [2.05, 4.69) is 19.2 Å². The minimum absolute atomic E-state index is 0.0454. The standard InChI is InChI=1S/C17H25NO3/c1-4-18-17(16(19)20)9-5-6-15(11-17)21-14-8-7-12(2)13(3)10-14/h7-8,10,15,18H,4-6,9,11H2,1-3H3,(H,19,20). The van der Waals surface area contributed by atoms with Crippen LogP contribution in [-0.4, -0.2) is 29.3 Å². The van der Waals surface area contributed by atoms with Crippen LogP contribution < -0.4 is 10.1 Å².